The first-order valence-electron chi connectivity index (χ1n) is 10.4. The second-order valence-corrected chi connectivity index (χ2v) is 9.57. The van der Waals surface area contributed by atoms with Crippen LogP contribution in [-0.2, 0) is 11.3 Å². The molecule has 0 atom stereocenters. The molecule has 1 aliphatic heterocycles. The van der Waals surface area contributed by atoms with Crippen LogP contribution < -0.4 is 15.0 Å². The van der Waals surface area contributed by atoms with Gasteiger partial charge < -0.3 is 4.90 Å². The molecule has 2 aromatic heterocycles. The van der Waals surface area contributed by atoms with Crippen molar-refractivity contribution >= 4 is 56.7 Å². The Morgan fingerprint density at radius 2 is 1.71 bits per heavy atom. The zero-order valence-electron chi connectivity index (χ0n) is 17.4. The molecule has 0 saturated heterocycles. The first-order chi connectivity index (χ1) is 16.5. The minimum Gasteiger partial charge on any atom is -0.303 e. The number of anilines is 1. The Labute approximate surface area is 207 Å². The number of carbonyl (C=O) groups is 1. The van der Waals surface area contributed by atoms with Gasteiger partial charge in [0.2, 0.25) is 4.96 Å². The molecule has 1 amide bonds. The van der Waals surface area contributed by atoms with Crippen LogP contribution in [0.3, 0.4) is 0 Å². The maximum Gasteiger partial charge on any atom is 0.291 e. The van der Waals surface area contributed by atoms with Gasteiger partial charge in [0.25, 0.3) is 11.5 Å². The quantitative estimate of drug-likeness (QED) is 0.360. The number of carbonyl (C=O) groups excluding carboxylic acids is 1. The van der Waals surface area contributed by atoms with E-state index in [9.17, 15) is 9.59 Å². The van der Waals surface area contributed by atoms with E-state index in [1.54, 1.807) is 29.2 Å². The summed E-state index contributed by atoms with van der Waals surface area (Å²) in [5.41, 5.74) is 2.96. The number of amides is 1. The van der Waals surface area contributed by atoms with Crippen LogP contribution in [0.25, 0.3) is 21.9 Å². The second-order valence-electron chi connectivity index (χ2n) is 7.75. The highest BCUT2D eigenvalue weighted by Gasteiger charge is 2.34. The summed E-state index contributed by atoms with van der Waals surface area (Å²) in [7, 11) is 0. The van der Waals surface area contributed by atoms with Gasteiger partial charge >= 0.3 is 0 Å². The topological polar surface area (TPSA) is 67.6 Å². The van der Waals surface area contributed by atoms with Crippen LogP contribution in [0.5, 0.6) is 0 Å². The maximum absolute atomic E-state index is 13.6. The molecule has 0 fully saturated rings. The fourth-order valence-corrected chi connectivity index (χ4v) is 5.47. The van der Waals surface area contributed by atoms with Crippen molar-refractivity contribution in [2.24, 2.45) is 0 Å². The maximum atomic E-state index is 13.6. The fraction of sp³-hybridized carbons (Fsp3) is 0.0400. The number of hydrogen-bond acceptors (Lipinski definition) is 5. The van der Waals surface area contributed by atoms with Crippen molar-refractivity contribution in [2.75, 3.05) is 4.90 Å². The van der Waals surface area contributed by atoms with Gasteiger partial charge in [-0.15, -0.1) is 5.10 Å². The average molecular weight is 505 g/mol. The first kappa shape index (κ1) is 21.0. The summed E-state index contributed by atoms with van der Waals surface area (Å²) in [5, 5.41) is 5.52. The lowest BCUT2D eigenvalue weighted by Gasteiger charge is -2.17. The molecule has 0 N–H and O–H groups in total. The summed E-state index contributed by atoms with van der Waals surface area (Å²) in [4.78, 5) is 33.5. The summed E-state index contributed by atoms with van der Waals surface area (Å²) in [6.45, 7) is 0.298. The number of aromatic nitrogens is 3. The van der Waals surface area contributed by atoms with Gasteiger partial charge in [-0.1, -0.05) is 83.1 Å². The molecule has 6 nitrogen and oxygen atoms in total. The van der Waals surface area contributed by atoms with Gasteiger partial charge in [-0.05, 0) is 29.8 Å². The third-order valence-electron chi connectivity index (χ3n) is 5.68. The molecule has 0 unspecified atom stereocenters. The molecule has 5 aromatic rings. The average Bonchev–Trinajstić information content (AvgIpc) is 3.47. The molecule has 3 aromatic carbocycles. The third kappa shape index (κ3) is 3.32. The number of hydrogen-bond donors (Lipinski definition) is 0. The highest BCUT2D eigenvalue weighted by molar-refractivity contribution is 7.15. The summed E-state index contributed by atoms with van der Waals surface area (Å²) in [6, 6.07) is 22.0. The Kier molecular flexibility index (Phi) is 4.99. The van der Waals surface area contributed by atoms with Crippen molar-refractivity contribution in [1.82, 2.24) is 14.6 Å². The van der Waals surface area contributed by atoms with E-state index in [4.69, 9.17) is 23.2 Å². The van der Waals surface area contributed by atoms with E-state index in [0.717, 1.165) is 22.6 Å². The molecule has 0 radical (unpaired) electrons. The van der Waals surface area contributed by atoms with Crippen LogP contribution in [0.15, 0.2) is 77.6 Å². The summed E-state index contributed by atoms with van der Waals surface area (Å²) in [6.07, 6.45) is 0. The van der Waals surface area contributed by atoms with Crippen LogP contribution in [0.2, 0.25) is 10.0 Å². The molecule has 0 spiro atoms. The van der Waals surface area contributed by atoms with Gasteiger partial charge in [0.1, 0.15) is 4.53 Å². The zero-order chi connectivity index (χ0) is 23.4. The minimum atomic E-state index is -0.376. The highest BCUT2D eigenvalue weighted by atomic mass is 35.5. The van der Waals surface area contributed by atoms with E-state index in [-0.39, 0.29) is 11.5 Å². The molecule has 6 rings (SSSR count). The number of nitrogens with zero attached hydrogens (tertiary/aromatic N) is 4. The Balaban J connectivity index is 1.50. The van der Waals surface area contributed by atoms with Crippen LogP contribution in [0, 0.1) is 0 Å². The Bertz CT molecular complexity index is 1730. The Hall–Kier alpha value is -3.52. The molecule has 3 heterocycles. The molecule has 0 aliphatic carbocycles. The number of benzene rings is 3. The van der Waals surface area contributed by atoms with Gasteiger partial charge in [0, 0.05) is 21.2 Å². The van der Waals surface area contributed by atoms with E-state index in [0.29, 0.717) is 48.6 Å². The van der Waals surface area contributed by atoms with Crippen LogP contribution in [0.4, 0.5) is 5.69 Å². The normalized spacial score (nSPS) is 14.8. The van der Waals surface area contributed by atoms with Crippen molar-refractivity contribution in [3.8, 4) is 11.4 Å². The van der Waals surface area contributed by atoms with Crippen LogP contribution in [0.1, 0.15) is 11.1 Å². The predicted octanol–water partition coefficient (Wildman–Crippen LogP) is 4.59. The van der Waals surface area contributed by atoms with Crippen LogP contribution >= 0.6 is 34.5 Å². The highest BCUT2D eigenvalue weighted by Crippen LogP contribution is 2.37. The number of halogens is 2. The summed E-state index contributed by atoms with van der Waals surface area (Å²) < 4.78 is 1.56. The third-order valence-corrected chi connectivity index (χ3v) is 7.31. The monoisotopic (exact) mass is 504 g/mol. The number of rotatable bonds is 3. The molecule has 0 saturated carbocycles. The fourth-order valence-electron chi connectivity index (χ4n) is 4.09. The summed E-state index contributed by atoms with van der Waals surface area (Å²) in [5.74, 6) is 0.152. The number of fused-ring (bicyclic) bond motifs is 2. The SMILES string of the molecule is O=C1C(=c2sc3nc(-c4cccc(Cl)c4)nn3c2=O)c2ccccc2N1Cc1ccccc1Cl. The lowest BCUT2D eigenvalue weighted by molar-refractivity contribution is -0.113. The van der Waals surface area contributed by atoms with E-state index in [2.05, 4.69) is 10.1 Å². The summed E-state index contributed by atoms with van der Waals surface area (Å²) >= 11 is 13.6. The van der Waals surface area contributed by atoms with E-state index in [1.807, 2.05) is 48.5 Å². The van der Waals surface area contributed by atoms with Crippen molar-refractivity contribution in [3.05, 3.63) is 109 Å². The van der Waals surface area contributed by atoms with Gasteiger partial charge in [-0.2, -0.15) is 9.50 Å². The Morgan fingerprint density at radius 1 is 0.912 bits per heavy atom. The smallest absolute Gasteiger partial charge is 0.291 e. The van der Waals surface area contributed by atoms with Crippen molar-refractivity contribution in [2.45, 2.75) is 6.54 Å². The molecule has 34 heavy (non-hydrogen) atoms. The van der Waals surface area contributed by atoms with Gasteiger partial charge in [0.05, 0.1) is 17.8 Å². The lowest BCUT2D eigenvalue weighted by Crippen LogP contribution is -2.32. The van der Waals surface area contributed by atoms with Crippen molar-refractivity contribution in [3.63, 3.8) is 0 Å². The van der Waals surface area contributed by atoms with Crippen molar-refractivity contribution < 1.29 is 4.79 Å². The van der Waals surface area contributed by atoms with Gasteiger partial charge in [-0.3, -0.25) is 9.59 Å². The van der Waals surface area contributed by atoms with Crippen LogP contribution in [-0.4, -0.2) is 20.5 Å². The number of thiazole rings is 1. The molecule has 0 bridgehead atoms. The standard InChI is InChI=1S/C25H14Cl2N4O2S/c26-16-8-5-7-14(12-16)22-28-25-31(29-22)24(33)21(34-25)20-17-9-2-4-11-19(17)30(23(20)32)13-15-6-1-3-10-18(15)27/h1-12H,13H2. The van der Waals surface area contributed by atoms with E-state index < -0.39 is 0 Å². The van der Waals surface area contributed by atoms with Crippen molar-refractivity contribution in [1.29, 1.82) is 0 Å². The van der Waals surface area contributed by atoms with Gasteiger partial charge in [-0.25, -0.2) is 0 Å². The second kappa shape index (κ2) is 8.06. The molecule has 9 heteroatoms. The molecular formula is C25H14Cl2N4O2S. The Morgan fingerprint density at radius 3 is 2.50 bits per heavy atom. The lowest BCUT2D eigenvalue weighted by atomic mass is 10.1. The molecule has 166 valence electrons. The van der Waals surface area contributed by atoms with E-state index in [1.165, 1.54) is 4.52 Å². The first-order valence-corrected chi connectivity index (χ1v) is 11.9. The zero-order valence-corrected chi connectivity index (χ0v) is 19.7. The minimum absolute atomic E-state index is 0.252. The molecular weight excluding hydrogens is 491 g/mol. The molecule has 1 aliphatic rings. The predicted molar refractivity (Wildman–Crippen MR) is 134 cm³/mol. The van der Waals surface area contributed by atoms with Gasteiger partial charge in [0.15, 0.2) is 5.82 Å². The largest absolute Gasteiger partial charge is 0.303 e. The van der Waals surface area contributed by atoms with E-state index >= 15 is 0 Å². The number of para-hydroxylation sites is 1.